The van der Waals surface area contributed by atoms with Crippen LogP contribution < -0.4 is 15.0 Å². The van der Waals surface area contributed by atoms with Crippen molar-refractivity contribution in [2.45, 2.75) is 26.8 Å². The number of aromatic nitrogens is 1. The zero-order valence-corrected chi connectivity index (χ0v) is 14.7. The average molecular weight is 353 g/mol. The predicted molar refractivity (Wildman–Crippen MR) is 96.8 cm³/mol. The summed E-state index contributed by atoms with van der Waals surface area (Å²) in [4.78, 5) is 16.7. The van der Waals surface area contributed by atoms with Crippen molar-refractivity contribution in [3.8, 4) is 23.4 Å². The van der Waals surface area contributed by atoms with E-state index in [2.05, 4.69) is 4.99 Å². The summed E-state index contributed by atoms with van der Waals surface area (Å²) in [5, 5.41) is 19.8. The number of hydrogen-bond acceptors (Lipinski definition) is 6. The van der Waals surface area contributed by atoms with Crippen LogP contribution in [0, 0.1) is 18.3 Å². The zero-order valence-electron chi connectivity index (χ0n) is 14.7. The summed E-state index contributed by atoms with van der Waals surface area (Å²) in [6.07, 6.45) is 2.11. The van der Waals surface area contributed by atoms with Crippen molar-refractivity contribution >= 4 is 11.9 Å². The molecule has 1 aliphatic heterocycles. The van der Waals surface area contributed by atoms with E-state index in [1.165, 1.54) is 10.8 Å². The Kier molecular flexibility index (Phi) is 4.94. The van der Waals surface area contributed by atoms with Gasteiger partial charge in [-0.25, -0.2) is 0 Å². The second-order valence-corrected chi connectivity index (χ2v) is 5.89. The molecule has 0 fully saturated rings. The normalized spacial score (nSPS) is 13.0. The van der Waals surface area contributed by atoms with E-state index < -0.39 is 5.56 Å². The van der Waals surface area contributed by atoms with Crippen LogP contribution in [0.5, 0.6) is 17.4 Å². The molecule has 1 aromatic heterocycles. The van der Waals surface area contributed by atoms with Crippen LogP contribution in [-0.2, 0) is 6.54 Å². The molecule has 2 heterocycles. The van der Waals surface area contributed by atoms with E-state index in [1.54, 1.807) is 25.1 Å². The maximum atomic E-state index is 12.3. The second kappa shape index (κ2) is 7.31. The molecule has 1 aromatic carbocycles. The van der Waals surface area contributed by atoms with Crippen molar-refractivity contribution in [2.24, 2.45) is 4.99 Å². The molecule has 0 aliphatic carbocycles. The summed E-state index contributed by atoms with van der Waals surface area (Å²) in [7, 11) is 0. The highest BCUT2D eigenvalue weighted by molar-refractivity contribution is 5.87. The van der Waals surface area contributed by atoms with Crippen molar-refractivity contribution in [1.29, 1.82) is 5.26 Å². The van der Waals surface area contributed by atoms with Gasteiger partial charge in [0, 0.05) is 18.8 Å². The van der Waals surface area contributed by atoms with Gasteiger partial charge in [-0.2, -0.15) is 5.26 Å². The summed E-state index contributed by atoms with van der Waals surface area (Å²) in [6.45, 7) is 4.83. The van der Waals surface area contributed by atoms with Crippen molar-refractivity contribution in [1.82, 2.24) is 4.57 Å². The second-order valence-electron chi connectivity index (χ2n) is 5.89. The van der Waals surface area contributed by atoms with Gasteiger partial charge in [-0.15, -0.1) is 0 Å². The molecule has 26 heavy (non-hydrogen) atoms. The lowest BCUT2D eigenvalue weighted by Gasteiger charge is -2.18. The number of aromatic hydroxyl groups is 1. The number of nitrogens with zero attached hydrogens (tertiary/aromatic N) is 3. The van der Waals surface area contributed by atoms with E-state index in [4.69, 9.17) is 9.47 Å². The molecular formula is C19H19N3O4. The first-order valence-corrected chi connectivity index (χ1v) is 8.37. The van der Waals surface area contributed by atoms with Gasteiger partial charge >= 0.3 is 0 Å². The number of pyridine rings is 1. The molecule has 0 saturated heterocycles. The summed E-state index contributed by atoms with van der Waals surface area (Å²) in [6, 6.07) is 7.21. The van der Waals surface area contributed by atoms with Crippen LogP contribution >= 0.6 is 0 Å². The lowest BCUT2D eigenvalue weighted by molar-refractivity contribution is 0.171. The number of nitriles is 1. The fourth-order valence-electron chi connectivity index (χ4n) is 2.81. The van der Waals surface area contributed by atoms with Gasteiger partial charge in [0.25, 0.3) is 5.56 Å². The van der Waals surface area contributed by atoms with Gasteiger partial charge in [-0.3, -0.25) is 14.4 Å². The minimum atomic E-state index is -0.485. The zero-order chi connectivity index (χ0) is 18.7. The summed E-state index contributed by atoms with van der Waals surface area (Å²) < 4.78 is 12.2. The van der Waals surface area contributed by atoms with Crippen molar-refractivity contribution in [2.75, 3.05) is 13.2 Å². The Balaban J connectivity index is 2.04. The molecule has 1 aliphatic rings. The Bertz CT molecular complexity index is 970. The van der Waals surface area contributed by atoms with Gasteiger partial charge in [0.15, 0.2) is 11.5 Å². The summed E-state index contributed by atoms with van der Waals surface area (Å²) in [5.41, 5.74) is 0.897. The molecule has 0 spiro atoms. The molecule has 0 bridgehead atoms. The smallest absolute Gasteiger partial charge is 0.271 e. The number of hydrogen-bond donors (Lipinski definition) is 1. The van der Waals surface area contributed by atoms with Gasteiger partial charge in [-0.1, -0.05) is 6.92 Å². The van der Waals surface area contributed by atoms with Gasteiger partial charge < -0.3 is 14.6 Å². The Hall–Kier alpha value is -3.27. The van der Waals surface area contributed by atoms with Crippen LogP contribution in [0.1, 0.15) is 30.0 Å². The average Bonchev–Trinajstić information content (AvgIpc) is 2.65. The molecule has 0 radical (unpaired) electrons. The first-order valence-electron chi connectivity index (χ1n) is 8.37. The fourth-order valence-corrected chi connectivity index (χ4v) is 2.81. The lowest BCUT2D eigenvalue weighted by atomic mass is 10.1. The number of aliphatic imine (C=N–C) groups is 1. The molecule has 0 saturated carbocycles. The third kappa shape index (κ3) is 3.14. The molecule has 0 atom stereocenters. The van der Waals surface area contributed by atoms with E-state index in [9.17, 15) is 15.2 Å². The lowest BCUT2D eigenvalue weighted by Crippen LogP contribution is -2.25. The van der Waals surface area contributed by atoms with Crippen LogP contribution in [0.4, 0.5) is 5.69 Å². The molecule has 1 N–H and O–H groups in total. The molecule has 134 valence electrons. The third-order valence-corrected chi connectivity index (χ3v) is 4.16. The van der Waals surface area contributed by atoms with Crippen LogP contribution in [0.2, 0.25) is 0 Å². The number of benzene rings is 1. The molecule has 3 rings (SSSR count). The third-order valence-electron chi connectivity index (χ3n) is 4.16. The van der Waals surface area contributed by atoms with Crippen molar-refractivity contribution < 1.29 is 14.6 Å². The highest BCUT2D eigenvalue weighted by atomic mass is 16.6. The predicted octanol–water partition coefficient (Wildman–Crippen LogP) is 2.67. The number of ether oxygens (including phenoxy) is 2. The Morgan fingerprint density at radius 1 is 1.35 bits per heavy atom. The molecule has 7 heteroatoms. The molecular weight excluding hydrogens is 334 g/mol. The van der Waals surface area contributed by atoms with Gasteiger partial charge in [0.2, 0.25) is 5.88 Å². The summed E-state index contributed by atoms with van der Waals surface area (Å²) >= 11 is 0. The van der Waals surface area contributed by atoms with E-state index in [-0.39, 0.29) is 11.4 Å². The van der Waals surface area contributed by atoms with Crippen LogP contribution in [0.25, 0.3) is 0 Å². The van der Waals surface area contributed by atoms with Crippen molar-refractivity contribution in [3.63, 3.8) is 0 Å². The minimum absolute atomic E-state index is 0.0138. The van der Waals surface area contributed by atoms with E-state index in [0.29, 0.717) is 54.5 Å². The van der Waals surface area contributed by atoms with Crippen LogP contribution in [0.15, 0.2) is 28.0 Å². The topological polar surface area (TPSA) is 96.8 Å². The first-order chi connectivity index (χ1) is 12.6. The van der Waals surface area contributed by atoms with E-state index >= 15 is 0 Å². The largest absolute Gasteiger partial charge is 0.494 e. The quantitative estimate of drug-likeness (QED) is 0.852. The van der Waals surface area contributed by atoms with E-state index in [1.807, 2.05) is 13.0 Å². The maximum absolute atomic E-state index is 12.3. The van der Waals surface area contributed by atoms with E-state index in [0.717, 1.165) is 0 Å². The first kappa shape index (κ1) is 17.5. The van der Waals surface area contributed by atoms with Gasteiger partial charge in [0.1, 0.15) is 24.8 Å². The SMILES string of the molecule is CCCn1c(O)c(C=Nc2ccc3c(c2)OCCO3)c(C)c(C#N)c1=O. The summed E-state index contributed by atoms with van der Waals surface area (Å²) in [5.74, 6) is 1.09. The standard InChI is InChI=1S/C19H19N3O4/c1-3-6-22-18(23)14(10-20)12(2)15(19(22)24)11-21-13-4-5-16-17(9-13)26-8-7-25-16/h4-5,9,11,24H,3,6-8H2,1-2H3. The molecule has 0 amide bonds. The van der Waals surface area contributed by atoms with Gasteiger partial charge in [-0.05, 0) is 31.0 Å². The minimum Gasteiger partial charge on any atom is -0.494 e. The van der Waals surface area contributed by atoms with Crippen LogP contribution in [0.3, 0.4) is 0 Å². The highest BCUT2D eigenvalue weighted by Crippen LogP contribution is 2.33. The van der Waals surface area contributed by atoms with Gasteiger partial charge in [0.05, 0.1) is 11.3 Å². The molecule has 0 unspecified atom stereocenters. The van der Waals surface area contributed by atoms with Crippen LogP contribution in [-0.4, -0.2) is 29.1 Å². The number of rotatable bonds is 4. The van der Waals surface area contributed by atoms with Crippen molar-refractivity contribution in [3.05, 3.63) is 45.2 Å². The number of fused-ring (bicyclic) bond motifs is 1. The Labute approximate surface area is 150 Å². The fraction of sp³-hybridized carbons (Fsp3) is 0.316. The maximum Gasteiger partial charge on any atom is 0.271 e. The highest BCUT2D eigenvalue weighted by Gasteiger charge is 2.17. The molecule has 7 nitrogen and oxygen atoms in total. The monoisotopic (exact) mass is 353 g/mol. The Morgan fingerprint density at radius 3 is 2.77 bits per heavy atom. The molecule has 2 aromatic rings. The Morgan fingerprint density at radius 2 is 2.08 bits per heavy atom.